The fourth-order valence-corrected chi connectivity index (χ4v) is 2.18. The summed E-state index contributed by atoms with van der Waals surface area (Å²) in [5, 5.41) is 26.8. The summed E-state index contributed by atoms with van der Waals surface area (Å²) in [6.45, 7) is 13.8. The number of aliphatic hydroxyl groups is 2. The van der Waals surface area contributed by atoms with Crippen molar-refractivity contribution in [2.75, 3.05) is 0 Å². The molecule has 0 unspecified atom stereocenters. The molecule has 29 heavy (non-hydrogen) atoms. The van der Waals surface area contributed by atoms with Crippen molar-refractivity contribution in [1.29, 1.82) is 5.26 Å². The molecule has 2 rings (SSSR count). The number of benzene rings is 2. The highest BCUT2D eigenvalue weighted by atomic mass is 19.1. The predicted molar refractivity (Wildman–Crippen MR) is 119 cm³/mol. The number of nitrogens with zero attached hydrogens (tertiary/aromatic N) is 1. The van der Waals surface area contributed by atoms with Gasteiger partial charge < -0.3 is 10.2 Å². The van der Waals surface area contributed by atoms with E-state index in [2.05, 4.69) is 44.7 Å². The minimum atomic E-state index is -0.616. The zero-order valence-corrected chi connectivity index (χ0v) is 17.8. The van der Waals surface area contributed by atoms with E-state index in [0.29, 0.717) is 29.4 Å². The molecule has 2 N–H and O–H groups in total. The Morgan fingerprint density at radius 3 is 2.00 bits per heavy atom. The second-order valence-electron chi connectivity index (χ2n) is 6.02. The number of hydrogen-bond donors (Lipinski definition) is 2. The molecule has 0 fully saturated rings. The molecule has 0 aliphatic rings. The molecular formula is C25H30FNO2. The van der Waals surface area contributed by atoms with Crippen molar-refractivity contribution >= 4 is 5.57 Å². The third kappa shape index (κ3) is 8.94. The van der Waals surface area contributed by atoms with Gasteiger partial charge in [-0.3, -0.25) is 0 Å². The lowest BCUT2D eigenvalue weighted by Gasteiger charge is -2.06. The van der Waals surface area contributed by atoms with Crippen LogP contribution in [-0.4, -0.2) is 10.2 Å². The van der Waals surface area contributed by atoms with Crippen molar-refractivity contribution in [1.82, 2.24) is 0 Å². The summed E-state index contributed by atoms with van der Waals surface area (Å²) in [6.07, 6.45) is 2.64. The molecule has 0 atom stereocenters. The standard InChI is InChI=1S/C15H14FNO2.C8H10.C2H6/c1-3-11(15(19)9-18)6-10(2)12-4-5-13(8-17)14(16)7-12;1-7-3-5-8(2)6-4-7;1-2/h4-7,9,18-19H,2-3H2,1H3;3-6H,1-2H3;1-2H3/b11-6+,15-9?;;. The highest BCUT2D eigenvalue weighted by Gasteiger charge is 2.06. The van der Waals surface area contributed by atoms with Gasteiger partial charge in [0.15, 0.2) is 5.76 Å². The summed E-state index contributed by atoms with van der Waals surface area (Å²) in [6, 6.07) is 14.4. The number of aryl methyl sites for hydroxylation is 2. The number of aliphatic hydroxyl groups excluding tert-OH is 2. The van der Waals surface area contributed by atoms with Crippen LogP contribution in [0.4, 0.5) is 4.39 Å². The van der Waals surface area contributed by atoms with Crippen LogP contribution in [0.2, 0.25) is 0 Å². The van der Waals surface area contributed by atoms with Gasteiger partial charge in [-0.05, 0) is 55.2 Å². The molecule has 3 nitrogen and oxygen atoms in total. The molecule has 0 radical (unpaired) electrons. The van der Waals surface area contributed by atoms with Crippen molar-refractivity contribution in [3.8, 4) is 6.07 Å². The number of hydrogen-bond acceptors (Lipinski definition) is 3. The molecule has 4 heteroatoms. The average Bonchev–Trinajstić information content (AvgIpc) is 2.75. The lowest BCUT2D eigenvalue weighted by molar-refractivity contribution is 0.368. The Kier molecular flexibility index (Phi) is 12.2. The van der Waals surface area contributed by atoms with Crippen molar-refractivity contribution in [3.05, 3.63) is 101 Å². The third-order valence-electron chi connectivity index (χ3n) is 3.86. The molecular weight excluding hydrogens is 365 g/mol. The maximum atomic E-state index is 13.5. The summed E-state index contributed by atoms with van der Waals surface area (Å²) in [5.74, 6) is -0.868. The summed E-state index contributed by atoms with van der Waals surface area (Å²) < 4.78 is 13.5. The van der Waals surface area contributed by atoms with Crippen LogP contribution in [0.15, 0.2) is 72.7 Å². The van der Waals surface area contributed by atoms with Crippen LogP contribution in [0.25, 0.3) is 5.57 Å². The lowest BCUT2D eigenvalue weighted by atomic mass is 10.0. The van der Waals surface area contributed by atoms with Crippen LogP contribution < -0.4 is 0 Å². The Morgan fingerprint density at radius 1 is 1.10 bits per heavy atom. The number of rotatable bonds is 4. The number of allylic oxidation sites excluding steroid dienone is 3. The maximum Gasteiger partial charge on any atom is 0.152 e. The normalized spacial score (nSPS) is 10.7. The molecule has 2 aromatic carbocycles. The van der Waals surface area contributed by atoms with E-state index in [1.807, 2.05) is 13.8 Å². The van der Waals surface area contributed by atoms with E-state index in [9.17, 15) is 9.50 Å². The second-order valence-corrected chi connectivity index (χ2v) is 6.02. The summed E-state index contributed by atoms with van der Waals surface area (Å²) >= 11 is 0. The van der Waals surface area contributed by atoms with Gasteiger partial charge in [-0.25, -0.2) is 4.39 Å². The SMILES string of the molecule is C=C(/C=C(\CC)C(O)=CO)c1ccc(C#N)c(F)c1.CC.Cc1ccc(C)cc1. The average molecular weight is 396 g/mol. The first kappa shape index (κ1) is 25.7. The molecule has 154 valence electrons. The van der Waals surface area contributed by atoms with Gasteiger partial charge in [-0.2, -0.15) is 5.26 Å². The zero-order chi connectivity index (χ0) is 22.4. The van der Waals surface area contributed by atoms with E-state index in [4.69, 9.17) is 10.4 Å². The number of nitriles is 1. The number of halogens is 1. The Bertz CT molecular complexity index is 867. The highest BCUT2D eigenvalue weighted by molar-refractivity contribution is 5.73. The van der Waals surface area contributed by atoms with E-state index in [-0.39, 0.29) is 11.3 Å². The van der Waals surface area contributed by atoms with Gasteiger partial charge in [0.25, 0.3) is 0 Å². The summed E-state index contributed by atoms with van der Waals surface area (Å²) in [4.78, 5) is 0. The summed E-state index contributed by atoms with van der Waals surface area (Å²) in [7, 11) is 0. The Hall–Kier alpha value is -3.32. The molecule has 0 aliphatic carbocycles. The predicted octanol–water partition coefficient (Wildman–Crippen LogP) is 7.33. The Labute approximate surface area is 173 Å². The lowest BCUT2D eigenvalue weighted by Crippen LogP contribution is -1.91. The van der Waals surface area contributed by atoms with Crippen LogP contribution >= 0.6 is 0 Å². The van der Waals surface area contributed by atoms with Gasteiger partial charge in [0.05, 0.1) is 5.56 Å². The van der Waals surface area contributed by atoms with Crippen LogP contribution in [0.1, 0.15) is 49.4 Å². The van der Waals surface area contributed by atoms with Gasteiger partial charge in [0, 0.05) is 0 Å². The second kappa shape index (κ2) is 13.8. The monoisotopic (exact) mass is 395 g/mol. The van der Waals surface area contributed by atoms with Crippen molar-refractivity contribution in [2.24, 2.45) is 0 Å². The molecule has 2 aromatic rings. The van der Waals surface area contributed by atoms with Gasteiger partial charge in [-0.15, -0.1) is 0 Å². The molecule has 0 spiro atoms. The van der Waals surface area contributed by atoms with E-state index in [0.717, 1.165) is 0 Å². The van der Waals surface area contributed by atoms with Crippen molar-refractivity contribution < 1.29 is 14.6 Å². The van der Waals surface area contributed by atoms with Crippen LogP contribution in [-0.2, 0) is 0 Å². The maximum absolute atomic E-state index is 13.5. The van der Waals surface area contributed by atoms with E-state index >= 15 is 0 Å². The molecule has 0 heterocycles. The molecule has 0 aliphatic heterocycles. The molecule has 0 aromatic heterocycles. The minimum absolute atomic E-state index is 0.0330. The first-order valence-electron chi connectivity index (χ1n) is 9.48. The molecule has 0 amide bonds. The molecule has 0 saturated heterocycles. The topological polar surface area (TPSA) is 64.2 Å². The van der Waals surface area contributed by atoms with E-state index in [1.165, 1.54) is 23.3 Å². The van der Waals surface area contributed by atoms with E-state index < -0.39 is 5.82 Å². The zero-order valence-electron chi connectivity index (χ0n) is 17.8. The van der Waals surface area contributed by atoms with Crippen LogP contribution in [0.3, 0.4) is 0 Å². The molecule has 0 bridgehead atoms. The van der Waals surface area contributed by atoms with Crippen LogP contribution in [0, 0.1) is 31.0 Å². The quantitative estimate of drug-likeness (QED) is 0.420. The van der Waals surface area contributed by atoms with Gasteiger partial charge in [0.2, 0.25) is 0 Å². The minimum Gasteiger partial charge on any atom is -0.512 e. The van der Waals surface area contributed by atoms with Crippen molar-refractivity contribution in [2.45, 2.75) is 41.0 Å². The smallest absolute Gasteiger partial charge is 0.152 e. The van der Waals surface area contributed by atoms with Gasteiger partial charge in [-0.1, -0.05) is 68.8 Å². The first-order chi connectivity index (χ1) is 13.8. The summed E-state index contributed by atoms with van der Waals surface area (Å²) in [5.41, 5.74) is 4.10. The van der Waals surface area contributed by atoms with Gasteiger partial charge >= 0.3 is 0 Å². The largest absolute Gasteiger partial charge is 0.512 e. The van der Waals surface area contributed by atoms with E-state index in [1.54, 1.807) is 25.1 Å². The Morgan fingerprint density at radius 2 is 1.62 bits per heavy atom. The third-order valence-corrected chi connectivity index (χ3v) is 3.86. The van der Waals surface area contributed by atoms with Gasteiger partial charge in [0.1, 0.15) is 18.1 Å². The van der Waals surface area contributed by atoms with Crippen LogP contribution in [0.5, 0.6) is 0 Å². The fraction of sp³-hybridized carbons (Fsp3) is 0.240. The van der Waals surface area contributed by atoms with Crippen molar-refractivity contribution in [3.63, 3.8) is 0 Å². The molecule has 0 saturated carbocycles. The highest BCUT2D eigenvalue weighted by Crippen LogP contribution is 2.21. The fourth-order valence-electron chi connectivity index (χ4n) is 2.18. The Balaban J connectivity index is 0.000000649. The first-order valence-corrected chi connectivity index (χ1v) is 9.48.